The zero-order valence-electron chi connectivity index (χ0n) is 9.48. The van der Waals surface area contributed by atoms with Gasteiger partial charge in [0, 0.05) is 12.6 Å². The first-order valence-corrected chi connectivity index (χ1v) is 4.95. The molecule has 0 spiro atoms. The van der Waals surface area contributed by atoms with Crippen molar-refractivity contribution in [3.8, 4) is 0 Å². The van der Waals surface area contributed by atoms with Crippen LogP contribution in [0.5, 0.6) is 0 Å². The average Bonchev–Trinajstić information content (AvgIpc) is 2.34. The average molecular weight is 260 g/mol. The molecule has 98 valence electrons. The Bertz CT molecular complexity index is 443. The minimum absolute atomic E-state index is 0.263. The standard InChI is InChI=1S/C11H11F3N2O2/c1-16(7-9(15-18)11(12,13)14)10(17)8-5-3-2-4-6-8/h2-6,18H,7H2,1H3/b15-9+. The van der Waals surface area contributed by atoms with Gasteiger partial charge in [-0.25, -0.2) is 0 Å². The van der Waals surface area contributed by atoms with Crippen molar-refractivity contribution in [1.82, 2.24) is 4.90 Å². The van der Waals surface area contributed by atoms with E-state index in [4.69, 9.17) is 5.21 Å². The third-order valence-corrected chi connectivity index (χ3v) is 2.20. The fourth-order valence-corrected chi connectivity index (χ4v) is 1.28. The molecular formula is C11H11F3N2O2. The SMILES string of the molecule is CN(C/C(=N\O)C(F)(F)F)C(=O)c1ccccc1. The Balaban J connectivity index is 2.78. The Labute approximate surface area is 101 Å². The van der Waals surface area contributed by atoms with Crippen molar-refractivity contribution in [2.24, 2.45) is 5.16 Å². The molecule has 0 saturated carbocycles. The van der Waals surface area contributed by atoms with E-state index >= 15 is 0 Å². The molecular weight excluding hydrogens is 249 g/mol. The topological polar surface area (TPSA) is 52.9 Å². The van der Waals surface area contributed by atoms with Crippen LogP contribution in [0.2, 0.25) is 0 Å². The van der Waals surface area contributed by atoms with Crippen LogP contribution in [0.3, 0.4) is 0 Å². The molecule has 18 heavy (non-hydrogen) atoms. The van der Waals surface area contributed by atoms with Crippen LogP contribution in [-0.2, 0) is 0 Å². The van der Waals surface area contributed by atoms with Crippen LogP contribution in [0.4, 0.5) is 13.2 Å². The number of hydrogen-bond donors (Lipinski definition) is 1. The number of halogens is 3. The molecule has 1 aromatic rings. The minimum atomic E-state index is -4.76. The van der Waals surface area contributed by atoms with Gasteiger partial charge in [0.25, 0.3) is 5.91 Å². The second kappa shape index (κ2) is 5.52. The van der Waals surface area contributed by atoms with Gasteiger partial charge in [-0.3, -0.25) is 4.79 Å². The lowest BCUT2D eigenvalue weighted by Gasteiger charge is -2.18. The van der Waals surface area contributed by atoms with Crippen LogP contribution in [0.25, 0.3) is 0 Å². The first kappa shape index (κ1) is 14.0. The molecule has 4 nitrogen and oxygen atoms in total. The molecule has 0 aliphatic rings. The number of amides is 1. The van der Waals surface area contributed by atoms with Gasteiger partial charge in [0.05, 0.1) is 6.54 Å². The van der Waals surface area contributed by atoms with Crippen molar-refractivity contribution in [2.45, 2.75) is 6.18 Å². The number of carbonyl (C=O) groups is 1. The third-order valence-electron chi connectivity index (χ3n) is 2.20. The van der Waals surface area contributed by atoms with E-state index in [1.807, 2.05) is 0 Å². The molecule has 0 fully saturated rings. The quantitative estimate of drug-likeness (QED) is 0.514. The molecule has 0 bridgehead atoms. The highest BCUT2D eigenvalue weighted by atomic mass is 19.4. The summed E-state index contributed by atoms with van der Waals surface area (Å²) >= 11 is 0. The molecule has 0 unspecified atom stereocenters. The second-order valence-corrected chi connectivity index (χ2v) is 3.57. The fraction of sp³-hybridized carbons (Fsp3) is 0.273. The van der Waals surface area contributed by atoms with Crippen LogP contribution < -0.4 is 0 Å². The van der Waals surface area contributed by atoms with Crippen molar-refractivity contribution in [3.05, 3.63) is 35.9 Å². The van der Waals surface area contributed by atoms with Crippen LogP contribution in [0.1, 0.15) is 10.4 Å². The molecule has 1 N–H and O–H groups in total. The van der Waals surface area contributed by atoms with Gasteiger partial charge in [-0.2, -0.15) is 13.2 Å². The maximum atomic E-state index is 12.3. The smallest absolute Gasteiger partial charge is 0.411 e. The van der Waals surface area contributed by atoms with Crippen molar-refractivity contribution in [2.75, 3.05) is 13.6 Å². The maximum absolute atomic E-state index is 12.3. The summed E-state index contributed by atoms with van der Waals surface area (Å²) < 4.78 is 37.0. The number of oxime groups is 1. The molecule has 0 heterocycles. The van der Waals surface area contributed by atoms with E-state index in [1.165, 1.54) is 19.2 Å². The summed E-state index contributed by atoms with van der Waals surface area (Å²) in [6.07, 6.45) is -4.76. The van der Waals surface area contributed by atoms with E-state index in [2.05, 4.69) is 5.16 Å². The Morgan fingerprint density at radius 2 is 1.89 bits per heavy atom. The molecule has 0 radical (unpaired) electrons. The maximum Gasteiger partial charge on any atom is 0.434 e. The van der Waals surface area contributed by atoms with Crippen LogP contribution in [-0.4, -0.2) is 41.5 Å². The normalized spacial score (nSPS) is 12.3. The lowest BCUT2D eigenvalue weighted by molar-refractivity contribution is -0.0631. The summed E-state index contributed by atoms with van der Waals surface area (Å²) in [5.74, 6) is -0.582. The molecule has 0 atom stereocenters. The molecule has 0 aliphatic carbocycles. The predicted octanol–water partition coefficient (Wildman–Crippen LogP) is 2.15. The highest BCUT2D eigenvalue weighted by molar-refractivity contribution is 5.98. The first-order chi connectivity index (χ1) is 8.36. The summed E-state index contributed by atoms with van der Waals surface area (Å²) in [6, 6.07) is 7.87. The number of hydrogen-bond acceptors (Lipinski definition) is 3. The molecule has 1 rings (SSSR count). The largest absolute Gasteiger partial charge is 0.434 e. The van der Waals surface area contributed by atoms with Gasteiger partial charge in [0.1, 0.15) is 0 Å². The van der Waals surface area contributed by atoms with Crippen molar-refractivity contribution in [1.29, 1.82) is 0 Å². The van der Waals surface area contributed by atoms with Gasteiger partial charge < -0.3 is 10.1 Å². The van der Waals surface area contributed by atoms with Gasteiger partial charge in [0.15, 0.2) is 5.71 Å². The summed E-state index contributed by atoms with van der Waals surface area (Å²) in [5.41, 5.74) is -1.16. The molecule has 1 aromatic carbocycles. The molecule has 1 amide bonds. The van der Waals surface area contributed by atoms with Crippen LogP contribution in [0.15, 0.2) is 35.5 Å². The second-order valence-electron chi connectivity index (χ2n) is 3.57. The highest BCUT2D eigenvalue weighted by Gasteiger charge is 2.37. The summed E-state index contributed by atoms with van der Waals surface area (Å²) in [5, 5.41) is 10.5. The predicted molar refractivity (Wildman–Crippen MR) is 58.7 cm³/mol. The number of carbonyl (C=O) groups excluding carboxylic acids is 1. The minimum Gasteiger partial charge on any atom is -0.411 e. The van der Waals surface area contributed by atoms with Gasteiger partial charge in [-0.1, -0.05) is 23.4 Å². The first-order valence-electron chi connectivity index (χ1n) is 4.95. The third kappa shape index (κ3) is 3.47. The van der Waals surface area contributed by atoms with E-state index in [9.17, 15) is 18.0 Å². The summed E-state index contributed by atoms with van der Waals surface area (Å²) in [4.78, 5) is 12.6. The molecule has 0 saturated heterocycles. The lowest BCUT2D eigenvalue weighted by Crippen LogP contribution is -2.38. The molecule has 7 heteroatoms. The number of nitrogens with zero attached hydrogens (tertiary/aromatic N) is 2. The Morgan fingerprint density at radius 3 is 2.33 bits per heavy atom. The van der Waals surface area contributed by atoms with E-state index in [0.717, 1.165) is 4.90 Å². The van der Waals surface area contributed by atoms with Gasteiger partial charge in [-0.15, -0.1) is 0 Å². The number of benzene rings is 1. The Kier molecular flexibility index (Phi) is 4.30. The Hall–Kier alpha value is -2.05. The monoisotopic (exact) mass is 260 g/mol. The van der Waals surface area contributed by atoms with Crippen LogP contribution in [0, 0.1) is 0 Å². The van der Waals surface area contributed by atoms with E-state index in [-0.39, 0.29) is 5.56 Å². The summed E-state index contributed by atoms with van der Waals surface area (Å²) in [6.45, 7) is -0.812. The zero-order valence-corrected chi connectivity index (χ0v) is 9.48. The van der Waals surface area contributed by atoms with E-state index < -0.39 is 24.3 Å². The number of rotatable bonds is 3. The Morgan fingerprint density at radius 1 is 1.33 bits per heavy atom. The molecule has 0 aromatic heterocycles. The van der Waals surface area contributed by atoms with Crippen molar-refractivity contribution < 1.29 is 23.2 Å². The van der Waals surface area contributed by atoms with Gasteiger partial charge >= 0.3 is 6.18 Å². The lowest BCUT2D eigenvalue weighted by atomic mass is 10.2. The van der Waals surface area contributed by atoms with E-state index in [0.29, 0.717) is 0 Å². The van der Waals surface area contributed by atoms with Crippen LogP contribution >= 0.6 is 0 Å². The summed E-state index contributed by atoms with van der Waals surface area (Å²) in [7, 11) is 1.20. The van der Waals surface area contributed by atoms with Crippen molar-refractivity contribution >= 4 is 11.6 Å². The molecule has 0 aliphatic heterocycles. The number of alkyl halides is 3. The van der Waals surface area contributed by atoms with Gasteiger partial charge in [0.2, 0.25) is 0 Å². The fourth-order valence-electron chi connectivity index (χ4n) is 1.28. The highest BCUT2D eigenvalue weighted by Crippen LogP contribution is 2.18. The van der Waals surface area contributed by atoms with E-state index in [1.54, 1.807) is 18.2 Å². The van der Waals surface area contributed by atoms with Crippen molar-refractivity contribution in [3.63, 3.8) is 0 Å². The van der Waals surface area contributed by atoms with Gasteiger partial charge in [-0.05, 0) is 12.1 Å². The zero-order chi connectivity index (χ0) is 13.8.